The van der Waals surface area contributed by atoms with E-state index in [0.29, 0.717) is 17.1 Å². The Labute approximate surface area is 205 Å². The second-order valence-electron chi connectivity index (χ2n) is 7.86. The summed E-state index contributed by atoms with van der Waals surface area (Å²) in [4.78, 5) is 12.8. The van der Waals surface area contributed by atoms with Crippen molar-refractivity contribution in [1.82, 2.24) is 5.32 Å². The molecule has 1 amide bonds. The number of carbonyl (C=O) groups excluding carboxylic acids is 1. The van der Waals surface area contributed by atoms with Gasteiger partial charge in [0, 0.05) is 18.0 Å². The number of amides is 1. The molecule has 3 aromatic carbocycles. The number of nitrogens with zero attached hydrogens (tertiary/aromatic N) is 1. The average molecular weight is 505 g/mol. The van der Waals surface area contributed by atoms with Crippen LogP contribution >= 0.6 is 23.2 Å². The molecule has 0 radical (unpaired) electrons. The third-order valence-corrected chi connectivity index (χ3v) is 6.93. The lowest BCUT2D eigenvalue weighted by Crippen LogP contribution is -2.33. The molecule has 0 saturated carbocycles. The number of hydrogen-bond acceptors (Lipinski definition) is 3. The standard InChI is InChI=1S/C25H26Cl2N2O3S/c1-18-10-12-20(13-11-18)25(19-7-4-3-5-8-19)28-24(30)9-6-16-29(33(2,31)32)23-17-21(26)14-15-22(23)27/h3-5,7-8,10-15,17,25H,6,9,16H2,1-2H3,(H,28,30)/t25-/m0/s1. The zero-order chi connectivity index (χ0) is 24.0. The molecule has 0 aliphatic carbocycles. The van der Waals surface area contributed by atoms with E-state index in [0.717, 1.165) is 22.9 Å². The van der Waals surface area contributed by atoms with Crippen molar-refractivity contribution in [3.63, 3.8) is 0 Å². The maximum absolute atomic E-state index is 12.8. The van der Waals surface area contributed by atoms with Crippen LogP contribution in [0, 0.1) is 6.92 Å². The number of aryl methyl sites for hydroxylation is 1. The van der Waals surface area contributed by atoms with Crippen molar-refractivity contribution in [2.45, 2.75) is 25.8 Å². The largest absolute Gasteiger partial charge is 0.345 e. The third kappa shape index (κ3) is 6.97. The average Bonchev–Trinajstić information content (AvgIpc) is 2.77. The molecule has 1 atom stereocenters. The van der Waals surface area contributed by atoms with Gasteiger partial charge in [-0.2, -0.15) is 0 Å². The molecule has 0 aliphatic rings. The van der Waals surface area contributed by atoms with E-state index in [2.05, 4.69) is 5.32 Å². The van der Waals surface area contributed by atoms with Gasteiger partial charge in [-0.05, 0) is 42.7 Å². The summed E-state index contributed by atoms with van der Waals surface area (Å²) in [6.45, 7) is 2.12. The zero-order valence-corrected chi connectivity index (χ0v) is 20.8. The monoisotopic (exact) mass is 504 g/mol. The summed E-state index contributed by atoms with van der Waals surface area (Å²) in [6.07, 6.45) is 1.57. The van der Waals surface area contributed by atoms with Crippen LogP contribution < -0.4 is 9.62 Å². The van der Waals surface area contributed by atoms with Crippen molar-refractivity contribution < 1.29 is 13.2 Å². The molecular weight excluding hydrogens is 479 g/mol. The molecule has 0 fully saturated rings. The number of rotatable bonds is 9. The van der Waals surface area contributed by atoms with Gasteiger partial charge in [-0.1, -0.05) is 83.4 Å². The van der Waals surface area contributed by atoms with Crippen LogP contribution in [0.15, 0.2) is 72.8 Å². The van der Waals surface area contributed by atoms with Crippen LogP contribution in [0.25, 0.3) is 0 Å². The molecule has 0 saturated heterocycles. The summed E-state index contributed by atoms with van der Waals surface area (Å²) in [5, 5.41) is 3.74. The fraction of sp³-hybridized carbons (Fsp3) is 0.240. The van der Waals surface area contributed by atoms with Gasteiger partial charge >= 0.3 is 0 Å². The Bertz CT molecular complexity index is 1200. The highest BCUT2D eigenvalue weighted by atomic mass is 35.5. The number of halogens is 2. The van der Waals surface area contributed by atoms with Crippen LogP contribution in [0.2, 0.25) is 10.0 Å². The van der Waals surface area contributed by atoms with Gasteiger partial charge in [0.25, 0.3) is 0 Å². The van der Waals surface area contributed by atoms with E-state index in [-0.39, 0.29) is 29.9 Å². The highest BCUT2D eigenvalue weighted by Gasteiger charge is 2.21. The number of sulfonamides is 1. The van der Waals surface area contributed by atoms with Crippen molar-refractivity contribution in [2.75, 3.05) is 17.1 Å². The zero-order valence-electron chi connectivity index (χ0n) is 18.5. The number of anilines is 1. The first kappa shape index (κ1) is 25.1. The Morgan fingerprint density at radius 1 is 0.970 bits per heavy atom. The SMILES string of the molecule is Cc1ccc([C@@H](NC(=O)CCCN(c2cc(Cl)ccc2Cl)S(C)(=O)=O)c2ccccc2)cc1. The normalized spacial score (nSPS) is 12.2. The molecule has 33 heavy (non-hydrogen) atoms. The van der Waals surface area contributed by atoms with Crippen LogP contribution in [0.1, 0.15) is 35.6 Å². The third-order valence-electron chi connectivity index (χ3n) is 5.19. The van der Waals surface area contributed by atoms with Crippen LogP contribution in [-0.2, 0) is 14.8 Å². The minimum absolute atomic E-state index is 0.104. The van der Waals surface area contributed by atoms with Gasteiger partial charge < -0.3 is 5.32 Å². The first-order valence-electron chi connectivity index (χ1n) is 10.5. The van der Waals surface area contributed by atoms with Crippen molar-refractivity contribution in [3.05, 3.63) is 99.5 Å². The number of carbonyl (C=O) groups is 1. The summed E-state index contributed by atoms with van der Waals surface area (Å²) >= 11 is 12.2. The molecule has 174 valence electrons. The molecule has 0 aromatic heterocycles. The van der Waals surface area contributed by atoms with E-state index in [9.17, 15) is 13.2 Å². The molecule has 8 heteroatoms. The fourth-order valence-corrected chi connectivity index (χ4v) is 4.93. The second kappa shape index (κ2) is 11.1. The summed E-state index contributed by atoms with van der Waals surface area (Å²) < 4.78 is 25.9. The lowest BCUT2D eigenvalue weighted by molar-refractivity contribution is -0.121. The molecule has 0 heterocycles. The number of benzene rings is 3. The lowest BCUT2D eigenvalue weighted by atomic mass is 9.97. The quantitative estimate of drug-likeness (QED) is 0.403. The van der Waals surface area contributed by atoms with Gasteiger partial charge in [-0.15, -0.1) is 0 Å². The van der Waals surface area contributed by atoms with Crippen LogP contribution in [-0.4, -0.2) is 27.1 Å². The Morgan fingerprint density at radius 3 is 2.24 bits per heavy atom. The molecule has 1 N–H and O–H groups in total. The van der Waals surface area contributed by atoms with E-state index >= 15 is 0 Å². The maximum atomic E-state index is 12.8. The lowest BCUT2D eigenvalue weighted by Gasteiger charge is -2.24. The van der Waals surface area contributed by atoms with Crippen LogP contribution in [0.3, 0.4) is 0 Å². The first-order chi connectivity index (χ1) is 15.6. The highest BCUT2D eigenvalue weighted by molar-refractivity contribution is 7.92. The number of hydrogen-bond donors (Lipinski definition) is 1. The maximum Gasteiger partial charge on any atom is 0.232 e. The summed E-state index contributed by atoms with van der Waals surface area (Å²) in [5.41, 5.74) is 3.38. The molecular formula is C25H26Cl2N2O3S. The number of nitrogens with one attached hydrogen (secondary N) is 1. The van der Waals surface area contributed by atoms with E-state index in [1.807, 2.05) is 61.5 Å². The van der Waals surface area contributed by atoms with Gasteiger partial charge in [0.05, 0.1) is 23.0 Å². The molecule has 0 unspecified atom stereocenters. The Morgan fingerprint density at radius 2 is 1.61 bits per heavy atom. The van der Waals surface area contributed by atoms with Gasteiger partial charge in [-0.25, -0.2) is 8.42 Å². The first-order valence-corrected chi connectivity index (χ1v) is 13.1. The van der Waals surface area contributed by atoms with Gasteiger partial charge in [0.2, 0.25) is 15.9 Å². The van der Waals surface area contributed by atoms with E-state index in [1.165, 1.54) is 10.4 Å². The van der Waals surface area contributed by atoms with Crippen LogP contribution in [0.5, 0.6) is 0 Å². The van der Waals surface area contributed by atoms with Crippen molar-refractivity contribution in [3.8, 4) is 0 Å². The summed E-state index contributed by atoms with van der Waals surface area (Å²) in [5.74, 6) is -0.171. The molecule has 0 aliphatic heterocycles. The molecule has 5 nitrogen and oxygen atoms in total. The van der Waals surface area contributed by atoms with Crippen molar-refractivity contribution in [1.29, 1.82) is 0 Å². The van der Waals surface area contributed by atoms with E-state index in [4.69, 9.17) is 23.2 Å². The van der Waals surface area contributed by atoms with Crippen molar-refractivity contribution >= 4 is 44.8 Å². The van der Waals surface area contributed by atoms with E-state index < -0.39 is 10.0 Å². The predicted octanol–water partition coefficient (Wildman–Crippen LogP) is 5.75. The van der Waals surface area contributed by atoms with E-state index in [1.54, 1.807) is 12.1 Å². The Hall–Kier alpha value is -2.54. The van der Waals surface area contributed by atoms with Crippen LogP contribution in [0.4, 0.5) is 5.69 Å². The second-order valence-corrected chi connectivity index (χ2v) is 10.6. The van der Waals surface area contributed by atoms with Gasteiger partial charge in [-0.3, -0.25) is 9.10 Å². The summed E-state index contributed by atoms with van der Waals surface area (Å²) in [6, 6.07) is 22.1. The van der Waals surface area contributed by atoms with Crippen molar-refractivity contribution in [2.24, 2.45) is 0 Å². The van der Waals surface area contributed by atoms with Gasteiger partial charge in [0.1, 0.15) is 0 Å². The smallest absolute Gasteiger partial charge is 0.232 e. The minimum Gasteiger partial charge on any atom is -0.345 e. The fourth-order valence-electron chi connectivity index (χ4n) is 3.52. The summed E-state index contributed by atoms with van der Waals surface area (Å²) in [7, 11) is -3.61. The van der Waals surface area contributed by atoms with Gasteiger partial charge in [0.15, 0.2) is 0 Å². The topological polar surface area (TPSA) is 66.5 Å². The molecule has 3 rings (SSSR count). The highest BCUT2D eigenvalue weighted by Crippen LogP contribution is 2.31. The predicted molar refractivity (Wildman–Crippen MR) is 135 cm³/mol. The molecule has 0 bridgehead atoms. The molecule has 0 spiro atoms. The Balaban J connectivity index is 1.71. The Kier molecular flexibility index (Phi) is 8.40. The minimum atomic E-state index is -3.61. The molecule has 3 aromatic rings.